The van der Waals surface area contributed by atoms with Crippen LogP contribution in [-0.2, 0) is 13.6 Å². The zero-order valence-electron chi connectivity index (χ0n) is 10.5. The number of hydrogen-bond donors (Lipinski definition) is 1. The number of amides is 1. The Balaban J connectivity index is 2.10. The number of nitrogens with zero attached hydrogens (tertiary/aromatic N) is 3. The number of rotatable bonds is 4. The van der Waals surface area contributed by atoms with Crippen LogP contribution in [-0.4, -0.2) is 38.5 Å². The Morgan fingerprint density at radius 1 is 1.42 bits per heavy atom. The first-order valence-corrected chi connectivity index (χ1v) is 6.35. The fourth-order valence-corrected chi connectivity index (χ4v) is 2.43. The number of imidazole rings is 1. The molecular weight excluding hydrogens is 266 g/mol. The minimum atomic E-state index is -1.02. The standard InChI is InChI=1S/C12H13N3O3S/c1-14-6-5-13-10(14)7-15(2)11(16)8-3-4-9(19-8)12(17)18/h3-6H,7H2,1-2H3,(H,17,18). The molecule has 0 unspecified atom stereocenters. The van der Waals surface area contributed by atoms with Gasteiger partial charge in [0.1, 0.15) is 10.7 Å². The van der Waals surface area contributed by atoms with E-state index in [1.54, 1.807) is 19.4 Å². The molecule has 6 nitrogen and oxygen atoms in total. The van der Waals surface area contributed by atoms with E-state index >= 15 is 0 Å². The van der Waals surface area contributed by atoms with Crippen molar-refractivity contribution >= 4 is 23.2 Å². The smallest absolute Gasteiger partial charge is 0.345 e. The van der Waals surface area contributed by atoms with Gasteiger partial charge in [0, 0.05) is 26.5 Å². The van der Waals surface area contributed by atoms with Crippen LogP contribution in [0.15, 0.2) is 24.5 Å². The molecule has 0 radical (unpaired) electrons. The zero-order chi connectivity index (χ0) is 14.0. The van der Waals surface area contributed by atoms with Crippen LogP contribution in [0.25, 0.3) is 0 Å². The molecule has 2 heterocycles. The topological polar surface area (TPSA) is 75.4 Å². The van der Waals surface area contributed by atoms with Crippen LogP contribution in [0.1, 0.15) is 25.2 Å². The Morgan fingerprint density at radius 3 is 2.63 bits per heavy atom. The number of carbonyl (C=O) groups is 2. The van der Waals surface area contributed by atoms with Crippen LogP contribution in [0.5, 0.6) is 0 Å². The van der Waals surface area contributed by atoms with E-state index in [-0.39, 0.29) is 10.8 Å². The first-order chi connectivity index (χ1) is 8.99. The van der Waals surface area contributed by atoms with Gasteiger partial charge in [0.05, 0.1) is 11.4 Å². The van der Waals surface area contributed by atoms with Crippen molar-refractivity contribution in [3.05, 3.63) is 40.1 Å². The van der Waals surface area contributed by atoms with Crippen molar-refractivity contribution in [2.24, 2.45) is 7.05 Å². The van der Waals surface area contributed by atoms with E-state index < -0.39 is 5.97 Å². The summed E-state index contributed by atoms with van der Waals surface area (Å²) in [5.41, 5.74) is 0. The van der Waals surface area contributed by atoms with Crippen LogP contribution in [0, 0.1) is 0 Å². The summed E-state index contributed by atoms with van der Waals surface area (Å²) in [6.45, 7) is 0.378. The lowest BCUT2D eigenvalue weighted by molar-refractivity contribution is 0.0701. The molecule has 19 heavy (non-hydrogen) atoms. The van der Waals surface area contributed by atoms with Crippen molar-refractivity contribution in [3.8, 4) is 0 Å². The molecule has 0 aliphatic heterocycles. The summed E-state index contributed by atoms with van der Waals surface area (Å²) in [5, 5.41) is 8.83. The lowest BCUT2D eigenvalue weighted by Gasteiger charge is -2.15. The first-order valence-electron chi connectivity index (χ1n) is 5.54. The van der Waals surface area contributed by atoms with Crippen LogP contribution >= 0.6 is 11.3 Å². The van der Waals surface area contributed by atoms with Crippen molar-refractivity contribution in [1.29, 1.82) is 0 Å². The normalized spacial score (nSPS) is 10.4. The average molecular weight is 279 g/mol. The maximum Gasteiger partial charge on any atom is 0.345 e. The quantitative estimate of drug-likeness (QED) is 0.919. The van der Waals surface area contributed by atoms with E-state index in [1.807, 2.05) is 11.6 Å². The van der Waals surface area contributed by atoms with Gasteiger partial charge >= 0.3 is 5.97 Å². The molecule has 0 atom stereocenters. The summed E-state index contributed by atoms with van der Waals surface area (Å²) in [7, 11) is 3.52. The summed E-state index contributed by atoms with van der Waals surface area (Å²) in [5.74, 6) is -0.456. The molecule has 0 fully saturated rings. The number of thiophene rings is 1. The third-order valence-corrected chi connectivity index (χ3v) is 3.74. The van der Waals surface area contributed by atoms with Crippen molar-refractivity contribution in [2.45, 2.75) is 6.54 Å². The summed E-state index contributed by atoms with van der Waals surface area (Å²) >= 11 is 0.976. The Kier molecular flexibility index (Phi) is 3.66. The van der Waals surface area contributed by atoms with Gasteiger partial charge in [-0.1, -0.05) is 0 Å². The lowest BCUT2D eigenvalue weighted by atomic mass is 10.4. The highest BCUT2D eigenvalue weighted by molar-refractivity contribution is 7.15. The molecule has 2 aromatic heterocycles. The maximum atomic E-state index is 12.1. The third kappa shape index (κ3) is 2.82. The molecule has 2 rings (SSSR count). The average Bonchev–Trinajstić information content (AvgIpc) is 2.98. The molecule has 2 aromatic rings. The highest BCUT2D eigenvalue weighted by Crippen LogP contribution is 2.18. The van der Waals surface area contributed by atoms with Crippen molar-refractivity contribution in [2.75, 3.05) is 7.05 Å². The molecule has 0 aliphatic rings. The number of aromatic carboxylic acids is 1. The molecule has 100 valence electrons. The molecular formula is C12H13N3O3S. The highest BCUT2D eigenvalue weighted by atomic mass is 32.1. The van der Waals surface area contributed by atoms with E-state index in [1.165, 1.54) is 17.0 Å². The molecule has 0 saturated carbocycles. The van der Waals surface area contributed by atoms with Crippen LogP contribution in [0.2, 0.25) is 0 Å². The third-order valence-electron chi connectivity index (χ3n) is 2.67. The van der Waals surface area contributed by atoms with E-state index in [0.29, 0.717) is 11.4 Å². The first kappa shape index (κ1) is 13.3. The summed E-state index contributed by atoms with van der Waals surface area (Å²) in [4.78, 5) is 29.1. The van der Waals surface area contributed by atoms with Gasteiger partial charge in [0.2, 0.25) is 0 Å². The minimum Gasteiger partial charge on any atom is -0.477 e. The van der Waals surface area contributed by atoms with Crippen LogP contribution in [0.3, 0.4) is 0 Å². The van der Waals surface area contributed by atoms with Crippen LogP contribution < -0.4 is 0 Å². The number of carbonyl (C=O) groups excluding carboxylic acids is 1. The van der Waals surface area contributed by atoms with Gasteiger partial charge in [-0.2, -0.15) is 0 Å². The van der Waals surface area contributed by atoms with E-state index in [4.69, 9.17) is 5.11 Å². The zero-order valence-corrected chi connectivity index (χ0v) is 11.3. The molecule has 1 amide bonds. The van der Waals surface area contributed by atoms with E-state index in [9.17, 15) is 9.59 Å². The van der Waals surface area contributed by atoms with E-state index in [2.05, 4.69) is 4.98 Å². The van der Waals surface area contributed by atoms with Crippen molar-refractivity contribution in [3.63, 3.8) is 0 Å². The Bertz CT molecular complexity index is 617. The second-order valence-electron chi connectivity index (χ2n) is 4.08. The van der Waals surface area contributed by atoms with E-state index in [0.717, 1.165) is 17.2 Å². The fraction of sp³-hybridized carbons (Fsp3) is 0.250. The largest absolute Gasteiger partial charge is 0.477 e. The Hall–Kier alpha value is -2.15. The Labute approximate surface area is 113 Å². The Morgan fingerprint density at radius 2 is 2.11 bits per heavy atom. The van der Waals surface area contributed by atoms with Gasteiger partial charge in [-0.05, 0) is 12.1 Å². The fourth-order valence-electron chi connectivity index (χ4n) is 1.59. The molecule has 0 bridgehead atoms. The number of aryl methyl sites for hydroxylation is 1. The van der Waals surface area contributed by atoms with Crippen LogP contribution in [0.4, 0.5) is 0 Å². The SMILES string of the molecule is CN(Cc1nccn1C)C(=O)c1ccc(C(=O)O)s1. The van der Waals surface area contributed by atoms with Gasteiger partial charge < -0.3 is 14.6 Å². The second kappa shape index (κ2) is 5.23. The van der Waals surface area contributed by atoms with Crippen molar-refractivity contribution < 1.29 is 14.7 Å². The maximum absolute atomic E-state index is 12.1. The number of carboxylic acid groups (broad SMARTS) is 1. The summed E-state index contributed by atoms with van der Waals surface area (Å²) < 4.78 is 1.83. The minimum absolute atomic E-state index is 0.161. The summed E-state index contributed by atoms with van der Waals surface area (Å²) in [6, 6.07) is 2.97. The molecule has 0 spiro atoms. The lowest BCUT2D eigenvalue weighted by Crippen LogP contribution is -2.26. The molecule has 0 saturated heterocycles. The molecule has 0 aromatic carbocycles. The highest BCUT2D eigenvalue weighted by Gasteiger charge is 2.17. The predicted molar refractivity (Wildman–Crippen MR) is 70.3 cm³/mol. The van der Waals surface area contributed by atoms with Crippen molar-refractivity contribution in [1.82, 2.24) is 14.5 Å². The predicted octanol–water partition coefficient (Wildman–Crippen LogP) is 1.45. The van der Waals surface area contributed by atoms with Gasteiger partial charge in [0.25, 0.3) is 5.91 Å². The number of aromatic nitrogens is 2. The molecule has 1 N–H and O–H groups in total. The van der Waals surface area contributed by atoms with Gasteiger partial charge in [-0.3, -0.25) is 4.79 Å². The molecule has 7 heteroatoms. The van der Waals surface area contributed by atoms with Gasteiger partial charge in [-0.25, -0.2) is 9.78 Å². The second-order valence-corrected chi connectivity index (χ2v) is 5.17. The number of hydrogen-bond acceptors (Lipinski definition) is 4. The van der Waals surface area contributed by atoms with Gasteiger partial charge in [0.15, 0.2) is 0 Å². The van der Waals surface area contributed by atoms with Gasteiger partial charge in [-0.15, -0.1) is 11.3 Å². The number of carboxylic acids is 1. The summed E-state index contributed by atoms with van der Waals surface area (Å²) in [6.07, 6.45) is 3.47. The monoisotopic (exact) mass is 279 g/mol. The molecule has 0 aliphatic carbocycles.